The van der Waals surface area contributed by atoms with E-state index in [1.807, 2.05) is 6.92 Å². The van der Waals surface area contributed by atoms with E-state index in [2.05, 4.69) is 25.1 Å². The van der Waals surface area contributed by atoms with Gasteiger partial charge in [-0.2, -0.15) is 0 Å². The Morgan fingerprint density at radius 3 is 2.11 bits per heavy atom. The summed E-state index contributed by atoms with van der Waals surface area (Å²) in [5.74, 6) is -0.517. The van der Waals surface area contributed by atoms with Crippen molar-refractivity contribution in [2.24, 2.45) is 0 Å². The number of carbonyl (C=O) groups is 2. The van der Waals surface area contributed by atoms with Gasteiger partial charge in [-0.05, 0) is 34.6 Å². The van der Waals surface area contributed by atoms with Crippen molar-refractivity contribution in [1.82, 2.24) is 29.7 Å². The van der Waals surface area contributed by atoms with Crippen LogP contribution in [-0.4, -0.2) is 69.2 Å². The number of anilines is 1. The lowest BCUT2D eigenvalue weighted by Gasteiger charge is -2.23. The second-order valence-corrected chi connectivity index (χ2v) is 10.9. The first-order chi connectivity index (χ1) is 16.5. The van der Waals surface area contributed by atoms with Crippen molar-refractivity contribution in [3.05, 3.63) is 12.7 Å². The fourth-order valence-corrected chi connectivity index (χ4v) is 4.77. The van der Waals surface area contributed by atoms with Gasteiger partial charge in [0.1, 0.15) is 18.2 Å². The lowest BCUT2D eigenvalue weighted by atomic mass is 10.4. The number of hydrogen-bond donors (Lipinski definition) is 3. The van der Waals surface area contributed by atoms with Crippen molar-refractivity contribution in [3.63, 3.8) is 0 Å². The van der Waals surface area contributed by atoms with Crippen LogP contribution in [0.15, 0.2) is 12.7 Å². The highest BCUT2D eigenvalue weighted by molar-refractivity contribution is 7.59. The maximum absolute atomic E-state index is 13.5. The molecule has 2 heterocycles. The topological polar surface area (TPSA) is 173 Å². The van der Waals surface area contributed by atoms with Crippen LogP contribution >= 0.6 is 7.44 Å². The molecule has 0 spiro atoms. The molecule has 0 bridgehead atoms. The number of esters is 2. The van der Waals surface area contributed by atoms with Crippen LogP contribution in [0.1, 0.15) is 47.5 Å². The molecule has 2 aromatic heterocycles. The van der Waals surface area contributed by atoms with E-state index in [0.717, 1.165) is 0 Å². The summed E-state index contributed by atoms with van der Waals surface area (Å²) in [5, 5.41) is 5.75. The summed E-state index contributed by atoms with van der Waals surface area (Å²) >= 11 is 0. The Bertz CT molecular complexity index is 997. The van der Waals surface area contributed by atoms with Gasteiger partial charge >= 0.3 is 11.9 Å². The molecule has 0 aliphatic rings. The van der Waals surface area contributed by atoms with Gasteiger partial charge in [-0.15, -0.1) is 0 Å². The Morgan fingerprint density at radius 2 is 1.57 bits per heavy atom. The van der Waals surface area contributed by atoms with E-state index in [9.17, 15) is 14.2 Å². The highest BCUT2D eigenvalue weighted by Gasteiger charge is 2.24. The van der Waals surface area contributed by atoms with Gasteiger partial charge in [0.15, 0.2) is 11.5 Å². The van der Waals surface area contributed by atoms with Crippen molar-refractivity contribution < 1.29 is 28.4 Å². The van der Waals surface area contributed by atoms with Gasteiger partial charge in [0.2, 0.25) is 7.44 Å². The van der Waals surface area contributed by atoms with Crippen LogP contribution in [0.25, 0.3) is 11.2 Å². The third-order valence-corrected chi connectivity index (χ3v) is 6.53. The molecule has 0 aliphatic carbocycles. The fourth-order valence-electron chi connectivity index (χ4n) is 3.06. The first-order valence-corrected chi connectivity index (χ1v) is 13.4. The minimum absolute atomic E-state index is 0.0386. The zero-order valence-corrected chi connectivity index (χ0v) is 21.8. The minimum Gasteiger partial charge on any atom is -0.463 e. The lowest BCUT2D eigenvalue weighted by Crippen LogP contribution is -2.31. The molecular weight excluding hydrogens is 477 g/mol. The average Bonchev–Trinajstić information content (AvgIpc) is 3.15. The first kappa shape index (κ1) is 28.6. The third kappa shape index (κ3) is 9.88. The quantitative estimate of drug-likeness (QED) is 0.233. The number of carbonyl (C=O) groups excluding carboxylic acids is 2. The van der Waals surface area contributed by atoms with Gasteiger partial charge in [0.05, 0.1) is 44.0 Å². The molecule has 2 aromatic rings. The van der Waals surface area contributed by atoms with Crippen molar-refractivity contribution in [3.8, 4) is 0 Å². The van der Waals surface area contributed by atoms with Gasteiger partial charge in [-0.3, -0.25) is 24.3 Å². The molecule has 1 atom stereocenters. The molecule has 35 heavy (non-hydrogen) atoms. The second kappa shape index (κ2) is 13.5. The Hall–Kier alpha value is -2.60. The molecule has 0 saturated heterocycles. The molecule has 0 amide bonds. The van der Waals surface area contributed by atoms with Gasteiger partial charge < -0.3 is 24.5 Å². The lowest BCUT2D eigenvalue weighted by molar-refractivity contribution is -0.148. The SMILES string of the molecule is CC(C)OC(=O)CCNP(=O)(CO[C@H](C)Cn1cnc2c(N)ncnc21)NCCC(=O)OC(C)C. The van der Waals surface area contributed by atoms with Crippen LogP contribution in [0.4, 0.5) is 5.82 Å². The average molecular weight is 514 g/mol. The number of hydrogen-bond acceptors (Lipinski definition) is 10. The predicted octanol–water partition coefficient (Wildman–Crippen LogP) is 1.83. The van der Waals surface area contributed by atoms with Crippen LogP contribution in [-0.2, 0) is 34.9 Å². The van der Waals surface area contributed by atoms with E-state index in [4.69, 9.17) is 19.9 Å². The normalized spacial score (nSPS) is 12.9. The Labute approximate surface area is 205 Å². The minimum atomic E-state index is -3.31. The van der Waals surface area contributed by atoms with E-state index in [-0.39, 0.29) is 56.4 Å². The smallest absolute Gasteiger partial charge is 0.307 e. The van der Waals surface area contributed by atoms with Gasteiger partial charge in [0.25, 0.3) is 0 Å². The summed E-state index contributed by atoms with van der Waals surface area (Å²) in [7, 11) is -3.31. The number of ether oxygens (including phenoxy) is 3. The maximum Gasteiger partial charge on any atom is 0.307 e. The second-order valence-electron chi connectivity index (χ2n) is 8.57. The number of aromatic nitrogens is 4. The number of nitrogens with two attached hydrogens (primary N) is 1. The largest absolute Gasteiger partial charge is 0.463 e. The van der Waals surface area contributed by atoms with Crippen LogP contribution in [0.3, 0.4) is 0 Å². The number of imidazole rings is 1. The molecule has 196 valence electrons. The number of fused-ring (bicyclic) bond motifs is 1. The van der Waals surface area contributed by atoms with Crippen molar-refractivity contribution in [2.45, 2.75) is 72.3 Å². The van der Waals surface area contributed by atoms with Gasteiger partial charge in [-0.25, -0.2) is 15.0 Å². The Morgan fingerprint density at radius 1 is 1.00 bits per heavy atom. The summed E-state index contributed by atoms with van der Waals surface area (Å²) in [6.45, 7) is 9.47. The number of rotatable bonds is 15. The third-order valence-electron chi connectivity index (χ3n) is 4.55. The monoisotopic (exact) mass is 513 g/mol. The molecule has 13 nitrogen and oxygen atoms in total. The Kier molecular flexibility index (Phi) is 11.0. The number of nitrogen functional groups attached to an aromatic ring is 1. The van der Waals surface area contributed by atoms with Crippen molar-refractivity contribution in [1.29, 1.82) is 0 Å². The highest BCUT2D eigenvalue weighted by atomic mass is 31.2. The van der Waals surface area contributed by atoms with Crippen LogP contribution in [0.5, 0.6) is 0 Å². The molecule has 0 fully saturated rings. The summed E-state index contributed by atoms with van der Waals surface area (Å²) < 4.78 is 31.3. The van der Waals surface area contributed by atoms with Crippen LogP contribution in [0.2, 0.25) is 0 Å². The predicted molar refractivity (Wildman–Crippen MR) is 130 cm³/mol. The maximum atomic E-state index is 13.5. The van der Waals surface area contributed by atoms with E-state index in [0.29, 0.717) is 17.7 Å². The van der Waals surface area contributed by atoms with Gasteiger partial charge in [-0.1, -0.05) is 0 Å². The highest BCUT2D eigenvalue weighted by Crippen LogP contribution is 2.36. The molecule has 0 radical (unpaired) electrons. The van der Waals surface area contributed by atoms with Crippen molar-refractivity contribution >= 4 is 36.4 Å². The van der Waals surface area contributed by atoms with E-state index in [1.54, 1.807) is 38.6 Å². The molecular formula is C21H36N7O6P. The zero-order chi connectivity index (χ0) is 26.0. The first-order valence-electron chi connectivity index (χ1n) is 11.5. The number of nitrogens with one attached hydrogen (secondary N) is 2. The molecule has 0 aliphatic heterocycles. The molecule has 4 N–H and O–H groups in total. The van der Waals surface area contributed by atoms with E-state index in [1.165, 1.54) is 6.33 Å². The van der Waals surface area contributed by atoms with E-state index >= 15 is 0 Å². The van der Waals surface area contributed by atoms with Crippen LogP contribution < -0.4 is 15.9 Å². The summed E-state index contributed by atoms with van der Waals surface area (Å²) in [5.41, 5.74) is 6.89. The Balaban J connectivity index is 1.95. The van der Waals surface area contributed by atoms with Crippen molar-refractivity contribution in [2.75, 3.05) is 25.2 Å². The number of nitrogens with zero attached hydrogens (tertiary/aromatic N) is 4. The van der Waals surface area contributed by atoms with Crippen LogP contribution in [0, 0.1) is 0 Å². The molecule has 0 saturated carbocycles. The molecule has 0 aromatic carbocycles. The summed E-state index contributed by atoms with van der Waals surface area (Å²) in [6.07, 6.45) is 2.03. The molecule has 2 rings (SSSR count). The molecule has 0 unspecified atom stereocenters. The van der Waals surface area contributed by atoms with E-state index < -0.39 is 19.4 Å². The molecule has 14 heteroatoms. The fraction of sp³-hybridized carbons (Fsp3) is 0.667. The summed E-state index contributed by atoms with van der Waals surface area (Å²) in [4.78, 5) is 36.0. The summed E-state index contributed by atoms with van der Waals surface area (Å²) in [6, 6.07) is 0. The van der Waals surface area contributed by atoms with Gasteiger partial charge in [0, 0.05) is 13.1 Å². The zero-order valence-electron chi connectivity index (χ0n) is 20.9. The standard InChI is InChI=1S/C21H36N7O6P/c1-14(2)33-17(29)6-8-26-35(31,27-9-7-18(30)34-15(3)4)13-32-16(5)10-28-12-25-19-20(22)23-11-24-21(19)28/h11-12,14-16H,6-10,13H2,1-5H3,(H2,22,23,24)(H2,26,27,31)/t16-/m1/s1.